The monoisotopic (exact) mass is 278 g/mol. The summed E-state index contributed by atoms with van der Waals surface area (Å²) in [6.07, 6.45) is -2.49. The number of thiocarbonyl (C=S) groups is 1. The van der Waals surface area contributed by atoms with Crippen LogP contribution in [-0.4, -0.2) is 31.2 Å². The van der Waals surface area contributed by atoms with Gasteiger partial charge in [-0.3, -0.25) is 0 Å². The Morgan fingerprint density at radius 1 is 1.44 bits per heavy atom. The molecule has 0 unspecified atom stereocenters. The van der Waals surface area contributed by atoms with Gasteiger partial charge in [0.15, 0.2) is 0 Å². The first kappa shape index (κ1) is 14.7. The van der Waals surface area contributed by atoms with Crippen LogP contribution < -0.4 is 11.1 Å². The molecule has 3 nitrogen and oxygen atoms in total. The second-order valence-corrected chi connectivity index (χ2v) is 3.86. The van der Waals surface area contributed by atoms with Crippen molar-refractivity contribution in [1.82, 2.24) is 0 Å². The topological polar surface area (TPSA) is 47.3 Å². The van der Waals surface area contributed by atoms with E-state index in [1.54, 1.807) is 6.07 Å². The second kappa shape index (κ2) is 7.17. The molecule has 0 radical (unpaired) electrons. The lowest BCUT2D eigenvalue weighted by atomic mass is 10.1. The molecule has 0 aromatic heterocycles. The van der Waals surface area contributed by atoms with Gasteiger partial charge < -0.3 is 15.8 Å². The summed E-state index contributed by atoms with van der Waals surface area (Å²) in [7, 11) is 0. The molecule has 18 heavy (non-hydrogen) atoms. The summed E-state index contributed by atoms with van der Waals surface area (Å²) in [5.74, 6) is -0.527. The van der Waals surface area contributed by atoms with E-state index >= 15 is 0 Å². The predicted molar refractivity (Wildman–Crippen MR) is 67.6 cm³/mol. The Morgan fingerprint density at radius 3 is 2.78 bits per heavy atom. The summed E-state index contributed by atoms with van der Waals surface area (Å²) in [6.45, 7) is -0.281. The van der Waals surface area contributed by atoms with Gasteiger partial charge in [-0.05, 0) is 12.1 Å². The fraction of sp³-hybridized carbons (Fsp3) is 0.364. The van der Waals surface area contributed by atoms with Crippen LogP contribution in [0, 0.1) is 5.82 Å². The van der Waals surface area contributed by atoms with Gasteiger partial charge in [-0.25, -0.2) is 13.2 Å². The lowest BCUT2D eigenvalue weighted by molar-refractivity contribution is 0.0215. The van der Waals surface area contributed by atoms with Crippen LogP contribution >= 0.6 is 12.2 Å². The Bertz CT molecular complexity index is 415. The van der Waals surface area contributed by atoms with Crippen LogP contribution in [-0.2, 0) is 4.74 Å². The maximum Gasteiger partial charge on any atom is 0.261 e. The lowest BCUT2D eigenvalue weighted by Gasteiger charge is -2.12. The molecule has 0 amide bonds. The standard InChI is InChI=1S/C11H13F3N2OS/c12-7-2-1-3-8(10(7)11(15)18)16-4-5-17-6-9(13)14/h1-3,9,16H,4-6H2,(H2,15,18). The molecule has 0 heterocycles. The number of rotatable bonds is 7. The number of hydrogen-bond donors (Lipinski definition) is 2. The van der Waals surface area contributed by atoms with E-state index in [1.807, 2.05) is 0 Å². The molecule has 7 heteroatoms. The minimum absolute atomic E-state index is 0.0656. The second-order valence-electron chi connectivity index (χ2n) is 3.42. The van der Waals surface area contributed by atoms with Crippen molar-refractivity contribution in [2.75, 3.05) is 25.1 Å². The zero-order valence-electron chi connectivity index (χ0n) is 9.46. The quantitative estimate of drug-likeness (QED) is 0.592. The highest BCUT2D eigenvalue weighted by molar-refractivity contribution is 7.80. The lowest BCUT2D eigenvalue weighted by Crippen LogP contribution is -2.18. The summed E-state index contributed by atoms with van der Waals surface area (Å²) in [4.78, 5) is -0.0656. The summed E-state index contributed by atoms with van der Waals surface area (Å²) >= 11 is 4.74. The molecule has 0 bridgehead atoms. The van der Waals surface area contributed by atoms with Crippen molar-refractivity contribution in [3.63, 3.8) is 0 Å². The molecule has 1 aromatic carbocycles. The van der Waals surface area contributed by atoms with Crippen LogP contribution in [0.1, 0.15) is 5.56 Å². The molecule has 1 rings (SSSR count). The predicted octanol–water partition coefficient (Wildman–Crippen LogP) is 2.15. The number of nitrogens with one attached hydrogen (secondary N) is 1. The van der Waals surface area contributed by atoms with Gasteiger partial charge in [0.05, 0.1) is 12.2 Å². The van der Waals surface area contributed by atoms with Crippen LogP contribution in [0.15, 0.2) is 18.2 Å². The Labute approximate surface area is 108 Å². The molecule has 0 saturated heterocycles. The third kappa shape index (κ3) is 4.50. The smallest absolute Gasteiger partial charge is 0.261 e. The summed E-state index contributed by atoms with van der Waals surface area (Å²) in [6, 6.07) is 4.34. The molecular formula is C11H13F3N2OS. The Balaban J connectivity index is 2.52. The highest BCUT2D eigenvalue weighted by atomic mass is 32.1. The largest absolute Gasteiger partial charge is 0.389 e. The Hall–Kier alpha value is -1.34. The Kier molecular flexibility index (Phi) is 5.87. The van der Waals surface area contributed by atoms with Crippen LogP contribution in [0.5, 0.6) is 0 Å². The van der Waals surface area contributed by atoms with Crippen molar-refractivity contribution >= 4 is 22.9 Å². The molecule has 0 aliphatic heterocycles. The van der Waals surface area contributed by atoms with E-state index in [0.29, 0.717) is 5.69 Å². The molecule has 0 spiro atoms. The van der Waals surface area contributed by atoms with Crippen LogP contribution in [0.3, 0.4) is 0 Å². The zero-order chi connectivity index (χ0) is 13.5. The van der Waals surface area contributed by atoms with Crippen molar-refractivity contribution in [2.45, 2.75) is 6.43 Å². The van der Waals surface area contributed by atoms with Crippen molar-refractivity contribution in [2.24, 2.45) is 5.73 Å². The first-order valence-corrected chi connectivity index (χ1v) is 5.61. The molecule has 0 atom stereocenters. The van der Waals surface area contributed by atoms with Crippen molar-refractivity contribution in [3.8, 4) is 0 Å². The van der Waals surface area contributed by atoms with E-state index < -0.39 is 18.8 Å². The van der Waals surface area contributed by atoms with Crippen molar-refractivity contribution in [1.29, 1.82) is 0 Å². The van der Waals surface area contributed by atoms with E-state index in [-0.39, 0.29) is 23.7 Å². The number of benzene rings is 1. The Morgan fingerprint density at radius 2 is 2.17 bits per heavy atom. The van der Waals surface area contributed by atoms with Gasteiger partial charge in [-0.2, -0.15) is 0 Å². The summed E-state index contributed by atoms with van der Waals surface area (Å²) < 4.78 is 41.7. The number of ether oxygens (including phenoxy) is 1. The minimum atomic E-state index is -2.49. The van der Waals surface area contributed by atoms with Gasteiger partial charge in [0.1, 0.15) is 17.4 Å². The van der Waals surface area contributed by atoms with E-state index in [2.05, 4.69) is 10.1 Å². The average molecular weight is 278 g/mol. The van der Waals surface area contributed by atoms with Gasteiger partial charge in [0.25, 0.3) is 6.43 Å². The molecule has 1 aromatic rings. The maximum absolute atomic E-state index is 13.4. The number of anilines is 1. The van der Waals surface area contributed by atoms with Gasteiger partial charge in [0.2, 0.25) is 0 Å². The van der Waals surface area contributed by atoms with Gasteiger partial charge >= 0.3 is 0 Å². The fourth-order valence-corrected chi connectivity index (χ4v) is 1.56. The molecule has 0 aliphatic rings. The summed E-state index contributed by atoms with van der Waals surface area (Å²) in [5.41, 5.74) is 5.94. The van der Waals surface area contributed by atoms with Gasteiger partial charge in [0, 0.05) is 12.2 Å². The highest BCUT2D eigenvalue weighted by Crippen LogP contribution is 2.18. The molecule has 0 fully saturated rings. The maximum atomic E-state index is 13.4. The van der Waals surface area contributed by atoms with Gasteiger partial charge in [-0.15, -0.1) is 0 Å². The van der Waals surface area contributed by atoms with Crippen LogP contribution in [0.2, 0.25) is 0 Å². The third-order valence-corrected chi connectivity index (χ3v) is 2.27. The molecule has 100 valence electrons. The van der Waals surface area contributed by atoms with E-state index in [1.165, 1.54) is 12.1 Å². The molecule has 0 saturated carbocycles. The van der Waals surface area contributed by atoms with E-state index in [9.17, 15) is 13.2 Å². The number of halogens is 3. The van der Waals surface area contributed by atoms with Gasteiger partial charge in [-0.1, -0.05) is 18.3 Å². The molecule has 0 aliphatic carbocycles. The van der Waals surface area contributed by atoms with Crippen molar-refractivity contribution < 1.29 is 17.9 Å². The third-order valence-electron chi connectivity index (χ3n) is 2.07. The normalized spacial score (nSPS) is 10.7. The summed E-state index contributed by atoms with van der Waals surface area (Å²) in [5, 5.41) is 2.83. The van der Waals surface area contributed by atoms with E-state index in [0.717, 1.165) is 0 Å². The van der Waals surface area contributed by atoms with Crippen LogP contribution in [0.25, 0.3) is 0 Å². The average Bonchev–Trinajstić information content (AvgIpc) is 2.27. The minimum Gasteiger partial charge on any atom is -0.389 e. The zero-order valence-corrected chi connectivity index (χ0v) is 10.3. The first-order valence-electron chi connectivity index (χ1n) is 5.20. The first-order chi connectivity index (χ1) is 8.52. The fourth-order valence-electron chi connectivity index (χ4n) is 1.35. The number of nitrogens with two attached hydrogens (primary N) is 1. The van der Waals surface area contributed by atoms with Crippen LogP contribution in [0.4, 0.5) is 18.9 Å². The molecular weight excluding hydrogens is 265 g/mol. The highest BCUT2D eigenvalue weighted by Gasteiger charge is 2.10. The van der Waals surface area contributed by atoms with Crippen molar-refractivity contribution in [3.05, 3.63) is 29.6 Å². The SMILES string of the molecule is NC(=S)c1c(F)cccc1NCCOCC(F)F. The number of alkyl halides is 2. The molecule has 3 N–H and O–H groups in total. The van der Waals surface area contributed by atoms with E-state index in [4.69, 9.17) is 18.0 Å². The number of hydrogen-bond acceptors (Lipinski definition) is 3.